The molecule has 2 aromatic rings. The average Bonchev–Trinajstić information content (AvgIpc) is 2.91. The second-order valence-electron chi connectivity index (χ2n) is 7.13. The lowest BCUT2D eigenvalue weighted by Gasteiger charge is -2.61. The minimum atomic E-state index is -1.54. The van der Waals surface area contributed by atoms with Gasteiger partial charge in [0.05, 0.1) is 0 Å². The van der Waals surface area contributed by atoms with Gasteiger partial charge in [-0.1, -0.05) is 48.5 Å². The summed E-state index contributed by atoms with van der Waals surface area (Å²) in [6.07, 6.45) is 0.328. The van der Waals surface area contributed by atoms with E-state index in [9.17, 15) is 9.59 Å². The highest BCUT2D eigenvalue weighted by Crippen LogP contribution is 2.64. The van der Waals surface area contributed by atoms with Crippen LogP contribution in [0, 0.1) is 0 Å². The second-order valence-corrected chi connectivity index (χ2v) is 7.13. The molecule has 1 fully saturated rings. The van der Waals surface area contributed by atoms with E-state index in [0.29, 0.717) is 23.4 Å². The average molecular weight is 378 g/mol. The molecule has 0 unspecified atom stereocenters. The molecule has 3 aliphatic heterocycles. The Morgan fingerprint density at radius 2 is 1.79 bits per heavy atom. The predicted molar refractivity (Wildman–Crippen MR) is 98.5 cm³/mol. The van der Waals surface area contributed by atoms with Crippen LogP contribution >= 0.6 is 0 Å². The molecule has 7 nitrogen and oxygen atoms in total. The van der Waals surface area contributed by atoms with Gasteiger partial charge < -0.3 is 9.47 Å². The van der Waals surface area contributed by atoms with Crippen LogP contribution in [-0.4, -0.2) is 36.3 Å². The Morgan fingerprint density at radius 1 is 1.07 bits per heavy atom. The van der Waals surface area contributed by atoms with E-state index in [1.807, 2.05) is 30.3 Å². The van der Waals surface area contributed by atoms with E-state index in [4.69, 9.17) is 19.2 Å². The zero-order valence-corrected chi connectivity index (χ0v) is 15.4. The summed E-state index contributed by atoms with van der Waals surface area (Å²) in [6, 6.07) is 16.5. The highest BCUT2D eigenvalue weighted by molar-refractivity contribution is 6.14. The molecular weight excluding hydrogens is 360 g/mol. The Labute approximate surface area is 161 Å². The Bertz CT molecular complexity index is 1040. The Kier molecular flexibility index (Phi) is 3.36. The fourth-order valence-corrected chi connectivity index (χ4v) is 4.57. The molecule has 142 valence electrons. The van der Waals surface area contributed by atoms with Gasteiger partial charge in [0.25, 0.3) is 11.8 Å². The number of methoxy groups -OCH3 is 1. The first-order chi connectivity index (χ1) is 13.5. The standard InChI is InChI=1S/C21H18N2O5/c1-13-23-19(12-14-8-4-3-5-9-14)20(28-21(19,26-2)27-13)16-11-7-6-10-15(16)17(24)22-18(20)25/h3-11H,12H2,1-2H3,(H,22,24,25)/t19-,20+,21-/m0/s1. The number of benzene rings is 2. The lowest BCUT2D eigenvalue weighted by atomic mass is 9.62. The van der Waals surface area contributed by atoms with Crippen molar-refractivity contribution in [1.29, 1.82) is 0 Å². The number of nitrogens with zero attached hydrogens (tertiary/aromatic N) is 1. The maximum Gasteiger partial charge on any atom is 0.360 e. The van der Waals surface area contributed by atoms with Crippen molar-refractivity contribution in [3.05, 3.63) is 71.3 Å². The van der Waals surface area contributed by atoms with Crippen molar-refractivity contribution in [3.63, 3.8) is 0 Å². The van der Waals surface area contributed by atoms with E-state index in [1.165, 1.54) is 7.11 Å². The van der Waals surface area contributed by atoms with Gasteiger partial charge in [0.15, 0.2) is 5.90 Å². The molecule has 28 heavy (non-hydrogen) atoms. The van der Waals surface area contributed by atoms with Crippen LogP contribution in [0.3, 0.4) is 0 Å². The summed E-state index contributed by atoms with van der Waals surface area (Å²) in [4.78, 5) is 30.4. The monoisotopic (exact) mass is 378 g/mol. The number of imide groups is 1. The van der Waals surface area contributed by atoms with Gasteiger partial charge in [0, 0.05) is 31.6 Å². The van der Waals surface area contributed by atoms with Crippen molar-refractivity contribution in [1.82, 2.24) is 5.32 Å². The molecule has 0 aromatic heterocycles. The van der Waals surface area contributed by atoms with Crippen molar-refractivity contribution >= 4 is 17.7 Å². The molecule has 0 radical (unpaired) electrons. The normalized spacial score (nSPS) is 32.7. The van der Waals surface area contributed by atoms with Crippen LogP contribution in [0.5, 0.6) is 0 Å². The summed E-state index contributed by atoms with van der Waals surface area (Å²) >= 11 is 0. The summed E-state index contributed by atoms with van der Waals surface area (Å²) in [5.41, 5.74) is -0.980. The van der Waals surface area contributed by atoms with Gasteiger partial charge in [-0.2, -0.15) is 0 Å². The summed E-state index contributed by atoms with van der Waals surface area (Å²) in [5, 5.41) is 2.42. The molecule has 1 N–H and O–H groups in total. The molecule has 7 heteroatoms. The quantitative estimate of drug-likeness (QED) is 0.825. The maximum atomic E-state index is 13.2. The van der Waals surface area contributed by atoms with E-state index < -0.39 is 28.9 Å². The number of rotatable bonds is 3. The Morgan fingerprint density at radius 3 is 2.54 bits per heavy atom. The van der Waals surface area contributed by atoms with Gasteiger partial charge in [-0.3, -0.25) is 19.6 Å². The number of fused-ring (bicyclic) bond motifs is 4. The summed E-state index contributed by atoms with van der Waals surface area (Å²) < 4.78 is 17.6. The minimum Gasteiger partial charge on any atom is -0.424 e. The van der Waals surface area contributed by atoms with Gasteiger partial charge in [-0.25, -0.2) is 4.99 Å². The highest BCUT2D eigenvalue weighted by Gasteiger charge is 2.87. The lowest BCUT2D eigenvalue weighted by Crippen LogP contribution is -2.84. The molecule has 1 spiro atoms. The van der Waals surface area contributed by atoms with Crippen molar-refractivity contribution in [2.45, 2.75) is 30.5 Å². The van der Waals surface area contributed by atoms with E-state index in [2.05, 4.69) is 5.32 Å². The van der Waals surface area contributed by atoms with Crippen LogP contribution in [0.1, 0.15) is 28.4 Å². The van der Waals surface area contributed by atoms with Gasteiger partial charge >= 0.3 is 5.97 Å². The molecule has 1 saturated heterocycles. The van der Waals surface area contributed by atoms with Crippen LogP contribution in [0.25, 0.3) is 0 Å². The van der Waals surface area contributed by atoms with Crippen LogP contribution in [0.15, 0.2) is 59.6 Å². The number of amides is 2. The SMILES string of the molecule is CO[C@]12OC(C)=N[C@@]1(Cc1ccccc1)[C@]1(O2)C(=O)NC(=O)c2ccccc21. The third kappa shape index (κ3) is 1.82. The highest BCUT2D eigenvalue weighted by atomic mass is 16.9. The van der Waals surface area contributed by atoms with Gasteiger partial charge in [0.1, 0.15) is 0 Å². The number of hydrogen-bond acceptors (Lipinski definition) is 6. The number of nitrogens with one attached hydrogen (secondary N) is 1. The number of carbonyl (C=O) groups is 2. The first kappa shape index (κ1) is 17.1. The van der Waals surface area contributed by atoms with Crippen molar-refractivity contribution in [2.24, 2.45) is 4.99 Å². The smallest absolute Gasteiger partial charge is 0.360 e. The van der Waals surface area contributed by atoms with Gasteiger partial charge in [-0.15, -0.1) is 0 Å². The first-order valence-corrected chi connectivity index (χ1v) is 8.98. The molecule has 0 saturated carbocycles. The first-order valence-electron chi connectivity index (χ1n) is 8.98. The second kappa shape index (κ2) is 5.50. The number of hydrogen-bond donors (Lipinski definition) is 1. The van der Waals surface area contributed by atoms with E-state index in [1.54, 1.807) is 31.2 Å². The summed E-state index contributed by atoms with van der Waals surface area (Å²) in [6.45, 7) is 1.70. The number of carbonyl (C=O) groups excluding carboxylic acids is 2. The summed E-state index contributed by atoms with van der Waals surface area (Å²) in [5.74, 6) is -2.21. The predicted octanol–water partition coefficient (Wildman–Crippen LogP) is 1.91. The summed E-state index contributed by atoms with van der Waals surface area (Å²) in [7, 11) is 1.46. The van der Waals surface area contributed by atoms with Crippen LogP contribution in [0.2, 0.25) is 0 Å². The molecule has 2 amide bonds. The third-order valence-corrected chi connectivity index (χ3v) is 5.68. The molecule has 3 atom stereocenters. The topological polar surface area (TPSA) is 86.2 Å². The molecule has 3 aliphatic rings. The molecule has 3 heterocycles. The Hall–Kier alpha value is -3.03. The largest absolute Gasteiger partial charge is 0.424 e. The zero-order chi connectivity index (χ0) is 19.6. The fourth-order valence-electron chi connectivity index (χ4n) is 4.57. The molecule has 2 aromatic carbocycles. The van der Waals surface area contributed by atoms with E-state index in [0.717, 1.165) is 5.56 Å². The number of aliphatic imine (C=N–C) groups is 1. The maximum absolute atomic E-state index is 13.2. The third-order valence-electron chi connectivity index (χ3n) is 5.68. The zero-order valence-electron chi connectivity index (χ0n) is 15.4. The molecule has 0 bridgehead atoms. The van der Waals surface area contributed by atoms with Crippen molar-refractivity contribution < 1.29 is 23.8 Å². The van der Waals surface area contributed by atoms with Crippen LogP contribution in [0.4, 0.5) is 0 Å². The lowest BCUT2D eigenvalue weighted by molar-refractivity contribution is -0.488. The fraction of sp³-hybridized carbons (Fsp3) is 0.286. The Balaban J connectivity index is 1.77. The van der Waals surface area contributed by atoms with Crippen LogP contribution < -0.4 is 5.32 Å². The number of ether oxygens (including phenoxy) is 3. The molecule has 0 aliphatic carbocycles. The molecular formula is C21H18N2O5. The van der Waals surface area contributed by atoms with Gasteiger partial charge in [0.2, 0.25) is 11.1 Å². The molecule has 5 rings (SSSR count). The minimum absolute atomic E-state index is 0.328. The van der Waals surface area contributed by atoms with Crippen molar-refractivity contribution in [2.75, 3.05) is 7.11 Å². The van der Waals surface area contributed by atoms with Crippen molar-refractivity contribution in [3.8, 4) is 0 Å². The van der Waals surface area contributed by atoms with E-state index >= 15 is 0 Å². The van der Waals surface area contributed by atoms with Gasteiger partial charge in [-0.05, 0) is 11.6 Å². The van der Waals surface area contributed by atoms with E-state index in [-0.39, 0.29) is 0 Å². The van der Waals surface area contributed by atoms with Crippen LogP contribution in [-0.2, 0) is 31.0 Å².